The van der Waals surface area contributed by atoms with Gasteiger partial charge in [-0.05, 0) is 54.6 Å². The Morgan fingerprint density at radius 3 is 2.44 bits per heavy atom. The molecule has 0 spiro atoms. The predicted molar refractivity (Wildman–Crippen MR) is 101 cm³/mol. The van der Waals surface area contributed by atoms with Crippen LogP contribution in [0, 0.1) is 0 Å². The van der Waals surface area contributed by atoms with Crippen LogP contribution >= 0.6 is 34.8 Å². The number of hydrogen-bond donors (Lipinski definition) is 1. The summed E-state index contributed by atoms with van der Waals surface area (Å²) in [6.07, 6.45) is 1.41. The minimum absolute atomic E-state index is 0.343. The van der Waals surface area contributed by atoms with Crippen LogP contribution in [-0.4, -0.2) is 12.1 Å². The van der Waals surface area contributed by atoms with Gasteiger partial charge >= 0.3 is 0 Å². The van der Waals surface area contributed by atoms with Crippen LogP contribution in [0.2, 0.25) is 15.1 Å². The van der Waals surface area contributed by atoms with E-state index >= 15 is 0 Å². The monoisotopic (exact) mass is 392 g/mol. The number of hydrazone groups is 1. The normalized spacial score (nSPS) is 11.0. The molecule has 126 valence electrons. The van der Waals surface area contributed by atoms with Crippen molar-refractivity contribution in [1.29, 1.82) is 0 Å². The fourth-order valence-corrected chi connectivity index (χ4v) is 2.47. The summed E-state index contributed by atoms with van der Waals surface area (Å²) in [5.41, 5.74) is 3.67. The molecule has 0 aliphatic heterocycles. The predicted octanol–water partition coefficient (Wildman–Crippen LogP) is 5.67. The summed E-state index contributed by atoms with van der Waals surface area (Å²) in [6, 6.07) is 15.2. The molecular weight excluding hydrogens is 383 g/mol. The van der Waals surface area contributed by atoms with Crippen molar-refractivity contribution in [1.82, 2.24) is 5.43 Å². The average molecular weight is 394 g/mol. The third kappa shape index (κ3) is 4.42. The second-order valence-corrected chi connectivity index (χ2v) is 6.29. The molecule has 0 atom stereocenters. The van der Waals surface area contributed by atoms with Crippen LogP contribution in [0.3, 0.4) is 0 Å². The lowest BCUT2D eigenvalue weighted by molar-refractivity contribution is 0.0955. The summed E-state index contributed by atoms with van der Waals surface area (Å²) in [7, 11) is 0. The number of nitrogens with one attached hydrogen (secondary N) is 1. The number of furan rings is 1. The van der Waals surface area contributed by atoms with Gasteiger partial charge in [0.2, 0.25) is 0 Å². The maximum atomic E-state index is 11.9. The van der Waals surface area contributed by atoms with Gasteiger partial charge in [0.1, 0.15) is 11.5 Å². The smallest absolute Gasteiger partial charge is 0.271 e. The number of amides is 1. The Kier molecular flexibility index (Phi) is 5.43. The molecule has 1 amide bonds. The first-order valence-electron chi connectivity index (χ1n) is 7.17. The van der Waals surface area contributed by atoms with Crippen LogP contribution in [0.25, 0.3) is 11.3 Å². The van der Waals surface area contributed by atoms with E-state index in [0.29, 0.717) is 32.2 Å². The van der Waals surface area contributed by atoms with Gasteiger partial charge in [0.05, 0.1) is 16.3 Å². The molecule has 0 radical (unpaired) electrons. The Balaban J connectivity index is 1.66. The lowest BCUT2D eigenvalue weighted by Gasteiger charge is -2.00. The van der Waals surface area contributed by atoms with E-state index in [1.807, 2.05) is 0 Å². The molecule has 4 nitrogen and oxygen atoms in total. The van der Waals surface area contributed by atoms with E-state index in [1.54, 1.807) is 54.6 Å². The molecule has 1 heterocycles. The molecule has 3 aromatic rings. The molecule has 25 heavy (non-hydrogen) atoms. The fourth-order valence-electron chi connectivity index (χ4n) is 2.05. The number of carbonyl (C=O) groups is 1. The Hall–Kier alpha value is -2.27. The third-order valence-electron chi connectivity index (χ3n) is 3.30. The van der Waals surface area contributed by atoms with Crippen molar-refractivity contribution in [3.8, 4) is 11.3 Å². The highest BCUT2D eigenvalue weighted by Gasteiger charge is 2.07. The number of nitrogens with zero attached hydrogens (tertiary/aromatic N) is 1. The van der Waals surface area contributed by atoms with Crippen molar-refractivity contribution in [2.75, 3.05) is 0 Å². The second-order valence-electron chi connectivity index (χ2n) is 5.04. The molecule has 2 aromatic carbocycles. The minimum Gasteiger partial charge on any atom is -0.455 e. The quantitative estimate of drug-likeness (QED) is 0.458. The molecule has 0 unspecified atom stereocenters. The molecule has 0 saturated carbocycles. The lowest BCUT2D eigenvalue weighted by atomic mass is 10.2. The minimum atomic E-state index is -0.343. The first kappa shape index (κ1) is 17.5. The summed E-state index contributed by atoms with van der Waals surface area (Å²) in [5.74, 6) is 0.755. The lowest BCUT2D eigenvalue weighted by Crippen LogP contribution is -2.17. The highest BCUT2D eigenvalue weighted by molar-refractivity contribution is 6.42. The third-order valence-corrected chi connectivity index (χ3v) is 4.29. The van der Waals surface area contributed by atoms with Gasteiger partial charge in [0.25, 0.3) is 5.91 Å². The molecule has 1 N–H and O–H groups in total. The van der Waals surface area contributed by atoms with Crippen molar-refractivity contribution in [3.63, 3.8) is 0 Å². The molecule has 7 heteroatoms. The van der Waals surface area contributed by atoms with Gasteiger partial charge in [-0.3, -0.25) is 4.79 Å². The van der Waals surface area contributed by atoms with Crippen molar-refractivity contribution < 1.29 is 9.21 Å². The molecule has 3 rings (SSSR count). The fraction of sp³-hybridized carbons (Fsp3) is 0. The van der Waals surface area contributed by atoms with Crippen molar-refractivity contribution >= 4 is 46.9 Å². The van der Waals surface area contributed by atoms with Gasteiger partial charge in [-0.15, -0.1) is 0 Å². The zero-order valence-electron chi connectivity index (χ0n) is 12.7. The Morgan fingerprint density at radius 2 is 1.72 bits per heavy atom. The number of hydrogen-bond acceptors (Lipinski definition) is 3. The van der Waals surface area contributed by atoms with Crippen LogP contribution in [0.4, 0.5) is 0 Å². The van der Waals surface area contributed by atoms with E-state index in [2.05, 4.69) is 10.5 Å². The molecule has 0 saturated heterocycles. The van der Waals surface area contributed by atoms with Crippen LogP contribution in [-0.2, 0) is 0 Å². The summed E-state index contributed by atoms with van der Waals surface area (Å²) >= 11 is 17.7. The number of carbonyl (C=O) groups excluding carboxylic acids is 1. The van der Waals surface area contributed by atoms with Crippen molar-refractivity contribution in [2.45, 2.75) is 0 Å². The van der Waals surface area contributed by atoms with Crippen LogP contribution < -0.4 is 5.43 Å². The molecule has 0 bridgehead atoms. The maximum Gasteiger partial charge on any atom is 0.271 e. The van der Waals surface area contributed by atoms with Crippen molar-refractivity contribution in [3.05, 3.63) is 81.0 Å². The largest absolute Gasteiger partial charge is 0.455 e. The van der Waals surface area contributed by atoms with Crippen molar-refractivity contribution in [2.24, 2.45) is 5.10 Å². The zero-order valence-corrected chi connectivity index (χ0v) is 14.9. The van der Waals surface area contributed by atoms with E-state index in [-0.39, 0.29) is 5.91 Å². The zero-order chi connectivity index (χ0) is 17.8. The highest BCUT2D eigenvalue weighted by atomic mass is 35.5. The standard InChI is InChI=1S/C18H11Cl3N2O2/c19-13-4-1-11(2-5-13)18(24)23-22-10-14-6-8-17(25-14)12-3-7-15(20)16(21)9-12/h1-10H,(H,23,24)/b22-10+. The van der Waals surface area contributed by atoms with E-state index in [4.69, 9.17) is 39.2 Å². The number of benzene rings is 2. The summed E-state index contributed by atoms with van der Waals surface area (Å²) in [4.78, 5) is 11.9. The maximum absolute atomic E-state index is 11.9. The van der Waals surface area contributed by atoms with Crippen LogP contribution in [0.1, 0.15) is 16.1 Å². The number of rotatable bonds is 4. The molecular formula is C18H11Cl3N2O2. The summed E-state index contributed by atoms with van der Waals surface area (Å²) in [5, 5.41) is 5.36. The van der Waals surface area contributed by atoms with Crippen LogP contribution in [0.15, 0.2) is 64.1 Å². The highest BCUT2D eigenvalue weighted by Crippen LogP contribution is 2.29. The SMILES string of the molecule is O=C(N/N=C/c1ccc(-c2ccc(Cl)c(Cl)c2)o1)c1ccc(Cl)cc1. The molecule has 0 aliphatic carbocycles. The molecule has 0 aliphatic rings. The Bertz CT molecular complexity index is 934. The second kappa shape index (κ2) is 7.74. The Morgan fingerprint density at radius 1 is 0.960 bits per heavy atom. The van der Waals surface area contributed by atoms with Gasteiger partial charge in [-0.1, -0.05) is 34.8 Å². The molecule has 0 fully saturated rings. The molecule has 1 aromatic heterocycles. The van der Waals surface area contributed by atoms with Gasteiger partial charge < -0.3 is 4.42 Å². The average Bonchev–Trinajstić information content (AvgIpc) is 3.07. The Labute approximate surface area is 159 Å². The topological polar surface area (TPSA) is 54.6 Å². The van der Waals surface area contributed by atoms with E-state index in [9.17, 15) is 4.79 Å². The van der Waals surface area contributed by atoms with Gasteiger partial charge in [-0.2, -0.15) is 5.10 Å². The first-order valence-corrected chi connectivity index (χ1v) is 8.30. The summed E-state index contributed by atoms with van der Waals surface area (Å²) in [6.45, 7) is 0. The van der Waals surface area contributed by atoms with Gasteiger partial charge in [-0.25, -0.2) is 5.43 Å². The van der Waals surface area contributed by atoms with Gasteiger partial charge in [0, 0.05) is 16.1 Å². The first-order chi connectivity index (χ1) is 12.0. The van der Waals surface area contributed by atoms with Crippen LogP contribution in [0.5, 0.6) is 0 Å². The van der Waals surface area contributed by atoms with Gasteiger partial charge in [0.15, 0.2) is 0 Å². The van der Waals surface area contributed by atoms with E-state index in [0.717, 1.165) is 5.56 Å². The van der Waals surface area contributed by atoms with E-state index < -0.39 is 0 Å². The van der Waals surface area contributed by atoms with E-state index in [1.165, 1.54) is 6.21 Å². The summed E-state index contributed by atoms with van der Waals surface area (Å²) < 4.78 is 5.65. The number of halogens is 3.